The number of nitrogens with one attached hydrogen (secondary N) is 2. The maximum Gasteiger partial charge on any atom is 0.0724 e. The largest absolute Gasteiger partial charge is 0.375 e. The highest BCUT2D eigenvalue weighted by atomic mass is 79.9. The molecule has 6 heteroatoms. The first-order chi connectivity index (χ1) is 8.08. The third kappa shape index (κ3) is 2.94. The summed E-state index contributed by atoms with van der Waals surface area (Å²) in [5.74, 6) is 0. The van der Waals surface area contributed by atoms with Gasteiger partial charge in [-0.25, -0.2) is 0 Å². The van der Waals surface area contributed by atoms with Crippen LogP contribution in [0.3, 0.4) is 0 Å². The average Bonchev–Trinajstić information content (AvgIpc) is 2.76. The van der Waals surface area contributed by atoms with E-state index in [1.165, 1.54) is 0 Å². The Morgan fingerprint density at radius 1 is 1.35 bits per heavy atom. The van der Waals surface area contributed by atoms with E-state index in [4.69, 9.17) is 23.2 Å². The minimum Gasteiger partial charge on any atom is -0.375 e. The Morgan fingerprint density at radius 2 is 2.00 bits per heavy atom. The van der Waals surface area contributed by atoms with Crippen LogP contribution in [-0.4, -0.2) is 10.2 Å². The molecule has 0 amide bonds. The van der Waals surface area contributed by atoms with Gasteiger partial charge in [0.1, 0.15) is 0 Å². The van der Waals surface area contributed by atoms with Crippen LogP contribution in [0.15, 0.2) is 28.9 Å². The molecule has 17 heavy (non-hydrogen) atoms. The quantitative estimate of drug-likeness (QED) is 0.857. The summed E-state index contributed by atoms with van der Waals surface area (Å²) in [7, 11) is 0. The summed E-state index contributed by atoms with van der Waals surface area (Å²) < 4.78 is 0.854. The Morgan fingerprint density at radius 3 is 2.53 bits per heavy atom. The van der Waals surface area contributed by atoms with Crippen molar-refractivity contribution in [2.75, 3.05) is 5.32 Å². The van der Waals surface area contributed by atoms with Gasteiger partial charge in [0.25, 0.3) is 0 Å². The van der Waals surface area contributed by atoms with E-state index in [-0.39, 0.29) is 6.04 Å². The molecule has 2 N–H and O–H groups in total. The van der Waals surface area contributed by atoms with Crippen molar-refractivity contribution in [2.24, 2.45) is 0 Å². The number of aromatic amines is 1. The van der Waals surface area contributed by atoms with Gasteiger partial charge >= 0.3 is 0 Å². The molecule has 0 aliphatic rings. The molecular weight excluding hydrogens is 325 g/mol. The third-order valence-corrected chi connectivity index (χ3v) is 3.41. The molecule has 0 spiro atoms. The number of halogens is 3. The number of nitrogens with zero attached hydrogens (tertiary/aromatic N) is 1. The van der Waals surface area contributed by atoms with E-state index in [2.05, 4.69) is 31.4 Å². The van der Waals surface area contributed by atoms with Crippen LogP contribution >= 0.6 is 39.1 Å². The van der Waals surface area contributed by atoms with Crippen LogP contribution in [0.2, 0.25) is 10.0 Å². The fraction of sp³-hybridized carbons (Fsp3) is 0.182. The molecular formula is C11H10BrCl2N3. The number of aromatic nitrogens is 2. The monoisotopic (exact) mass is 333 g/mol. The zero-order chi connectivity index (χ0) is 12.4. The molecule has 90 valence electrons. The second-order valence-electron chi connectivity index (χ2n) is 3.62. The predicted octanol–water partition coefficient (Wildman–Crippen LogP) is 4.65. The minimum absolute atomic E-state index is 0.0497. The summed E-state index contributed by atoms with van der Waals surface area (Å²) in [6.07, 6.45) is 1.71. The molecule has 1 heterocycles. The van der Waals surface area contributed by atoms with Crippen LogP contribution in [-0.2, 0) is 0 Å². The molecule has 0 saturated heterocycles. The Bertz CT molecular complexity index is 490. The third-order valence-electron chi connectivity index (χ3n) is 2.36. The summed E-state index contributed by atoms with van der Waals surface area (Å²) in [5, 5.41) is 11.2. The van der Waals surface area contributed by atoms with Crippen LogP contribution in [0, 0.1) is 0 Å². The van der Waals surface area contributed by atoms with E-state index >= 15 is 0 Å². The van der Waals surface area contributed by atoms with E-state index in [1.807, 2.05) is 13.0 Å². The van der Waals surface area contributed by atoms with Gasteiger partial charge in [-0.15, -0.1) is 0 Å². The van der Waals surface area contributed by atoms with Gasteiger partial charge in [-0.1, -0.05) is 39.1 Å². The van der Waals surface area contributed by atoms with Gasteiger partial charge in [0.2, 0.25) is 0 Å². The van der Waals surface area contributed by atoms with E-state index in [0.717, 1.165) is 15.9 Å². The fourth-order valence-corrected chi connectivity index (χ4v) is 2.80. The molecule has 0 radical (unpaired) electrons. The molecule has 0 aliphatic heterocycles. The fourth-order valence-electron chi connectivity index (χ4n) is 1.48. The van der Waals surface area contributed by atoms with E-state index in [9.17, 15) is 0 Å². The molecule has 1 unspecified atom stereocenters. The highest BCUT2D eigenvalue weighted by Crippen LogP contribution is 2.35. The maximum absolute atomic E-state index is 6.14. The van der Waals surface area contributed by atoms with Gasteiger partial charge in [0, 0.05) is 10.7 Å². The lowest BCUT2D eigenvalue weighted by atomic mass is 10.2. The van der Waals surface area contributed by atoms with Crippen molar-refractivity contribution in [1.29, 1.82) is 0 Å². The van der Waals surface area contributed by atoms with Crippen LogP contribution in [0.4, 0.5) is 5.69 Å². The lowest BCUT2D eigenvalue weighted by Crippen LogP contribution is -2.08. The highest BCUT2D eigenvalue weighted by Gasteiger charge is 2.12. The average molecular weight is 335 g/mol. The van der Waals surface area contributed by atoms with Crippen molar-refractivity contribution in [3.63, 3.8) is 0 Å². The van der Waals surface area contributed by atoms with Gasteiger partial charge in [-0.3, -0.25) is 5.10 Å². The second-order valence-corrected chi connectivity index (χ2v) is 5.35. The number of hydrogen-bond acceptors (Lipinski definition) is 2. The Balaban J connectivity index is 2.25. The zero-order valence-electron chi connectivity index (χ0n) is 8.97. The zero-order valence-corrected chi connectivity index (χ0v) is 12.1. The van der Waals surface area contributed by atoms with E-state index in [1.54, 1.807) is 18.3 Å². The Kier molecular flexibility index (Phi) is 3.97. The van der Waals surface area contributed by atoms with Gasteiger partial charge in [0.15, 0.2) is 0 Å². The number of benzene rings is 1. The lowest BCUT2D eigenvalue weighted by molar-refractivity contribution is 0.826. The molecule has 1 aromatic heterocycles. The van der Waals surface area contributed by atoms with Crippen molar-refractivity contribution < 1.29 is 0 Å². The molecule has 0 aliphatic carbocycles. The molecule has 1 aromatic carbocycles. The summed E-state index contributed by atoms with van der Waals surface area (Å²) >= 11 is 15.6. The van der Waals surface area contributed by atoms with Crippen molar-refractivity contribution in [2.45, 2.75) is 13.0 Å². The van der Waals surface area contributed by atoms with Crippen LogP contribution < -0.4 is 5.32 Å². The van der Waals surface area contributed by atoms with E-state index < -0.39 is 0 Å². The van der Waals surface area contributed by atoms with Crippen molar-refractivity contribution >= 4 is 44.8 Å². The first-order valence-electron chi connectivity index (χ1n) is 4.98. The van der Waals surface area contributed by atoms with Crippen molar-refractivity contribution in [3.05, 3.63) is 44.6 Å². The molecule has 2 aromatic rings. The molecule has 0 fully saturated rings. The smallest absolute Gasteiger partial charge is 0.0724 e. The minimum atomic E-state index is 0.0497. The highest BCUT2D eigenvalue weighted by molar-refractivity contribution is 9.10. The molecule has 0 bridgehead atoms. The first-order valence-corrected chi connectivity index (χ1v) is 6.53. The van der Waals surface area contributed by atoms with Crippen molar-refractivity contribution in [3.8, 4) is 0 Å². The molecule has 1 atom stereocenters. The molecule has 2 rings (SSSR count). The first kappa shape index (κ1) is 12.7. The summed E-state index contributed by atoms with van der Waals surface area (Å²) in [4.78, 5) is 0. The Labute approximate surface area is 118 Å². The van der Waals surface area contributed by atoms with Gasteiger partial charge in [-0.05, 0) is 25.1 Å². The van der Waals surface area contributed by atoms with Gasteiger partial charge in [0.05, 0.1) is 27.5 Å². The predicted molar refractivity (Wildman–Crippen MR) is 74.8 cm³/mol. The summed E-state index contributed by atoms with van der Waals surface area (Å²) in [5.41, 5.74) is 1.69. The number of anilines is 1. The molecule has 3 nitrogen and oxygen atoms in total. The standard InChI is InChI=1S/C11H10BrCl2N3/c1-6(10-2-3-15-17-10)16-11-8(13)4-7(12)5-9(11)14/h2-6,16H,1H3,(H,15,17). The maximum atomic E-state index is 6.14. The van der Waals surface area contributed by atoms with Gasteiger partial charge in [-0.2, -0.15) is 5.10 Å². The van der Waals surface area contributed by atoms with Crippen LogP contribution in [0.5, 0.6) is 0 Å². The summed E-state index contributed by atoms with van der Waals surface area (Å²) in [6, 6.07) is 5.55. The normalized spacial score (nSPS) is 12.5. The number of H-pyrrole nitrogens is 1. The lowest BCUT2D eigenvalue weighted by Gasteiger charge is -2.16. The van der Waals surface area contributed by atoms with Crippen molar-refractivity contribution in [1.82, 2.24) is 10.2 Å². The van der Waals surface area contributed by atoms with Gasteiger partial charge < -0.3 is 5.32 Å². The molecule has 0 saturated carbocycles. The van der Waals surface area contributed by atoms with Crippen LogP contribution in [0.25, 0.3) is 0 Å². The topological polar surface area (TPSA) is 40.7 Å². The summed E-state index contributed by atoms with van der Waals surface area (Å²) in [6.45, 7) is 2.00. The second kappa shape index (κ2) is 5.29. The van der Waals surface area contributed by atoms with E-state index in [0.29, 0.717) is 10.0 Å². The Hall–Kier alpha value is -0.710. The SMILES string of the molecule is CC(Nc1c(Cl)cc(Br)cc1Cl)c1ccn[nH]1. The number of rotatable bonds is 3. The van der Waals surface area contributed by atoms with Crippen LogP contribution in [0.1, 0.15) is 18.7 Å². The number of hydrogen-bond donors (Lipinski definition) is 2.